The normalized spacial score (nSPS) is 17.4. The van der Waals surface area contributed by atoms with Crippen molar-refractivity contribution >= 4 is 28.9 Å². The van der Waals surface area contributed by atoms with Crippen molar-refractivity contribution in [3.8, 4) is 0 Å². The van der Waals surface area contributed by atoms with E-state index in [0.717, 1.165) is 0 Å². The second-order valence-corrected chi connectivity index (χ2v) is 7.93. The monoisotopic (exact) mass is 402 g/mol. The van der Waals surface area contributed by atoms with Gasteiger partial charge in [0.1, 0.15) is 5.82 Å². The predicted molar refractivity (Wildman–Crippen MR) is 106 cm³/mol. The number of hydrogen-bond donors (Lipinski definition) is 1. The molecule has 0 bridgehead atoms. The van der Waals surface area contributed by atoms with Crippen molar-refractivity contribution in [3.63, 3.8) is 0 Å². The van der Waals surface area contributed by atoms with Crippen molar-refractivity contribution in [1.29, 1.82) is 0 Å². The van der Waals surface area contributed by atoms with Crippen LogP contribution in [0.3, 0.4) is 0 Å². The van der Waals surface area contributed by atoms with Gasteiger partial charge in [0.15, 0.2) is 5.78 Å². The van der Waals surface area contributed by atoms with Gasteiger partial charge in [0.05, 0.1) is 10.8 Å². The number of rotatable bonds is 7. The highest BCUT2D eigenvalue weighted by atomic mass is 32.1. The van der Waals surface area contributed by atoms with Gasteiger partial charge in [-0.1, -0.05) is 24.3 Å². The molecule has 148 valence electrons. The summed E-state index contributed by atoms with van der Waals surface area (Å²) in [6.45, 7) is 2.63. The second kappa shape index (κ2) is 9.10. The predicted octanol–water partition coefficient (Wildman–Crippen LogP) is 3.37. The van der Waals surface area contributed by atoms with Gasteiger partial charge < -0.3 is 10.2 Å². The van der Waals surface area contributed by atoms with E-state index in [1.807, 2.05) is 11.4 Å². The zero-order valence-corrected chi connectivity index (χ0v) is 16.5. The van der Waals surface area contributed by atoms with Crippen molar-refractivity contribution in [2.75, 3.05) is 13.1 Å². The molecular weight excluding hydrogens is 379 g/mol. The van der Waals surface area contributed by atoms with Crippen molar-refractivity contribution in [2.45, 2.75) is 38.1 Å². The Labute approximate surface area is 167 Å². The van der Waals surface area contributed by atoms with Gasteiger partial charge in [-0.25, -0.2) is 4.39 Å². The highest BCUT2D eigenvalue weighted by molar-refractivity contribution is 7.12. The summed E-state index contributed by atoms with van der Waals surface area (Å²) in [7, 11) is 0. The first-order chi connectivity index (χ1) is 13.5. The van der Waals surface area contributed by atoms with E-state index in [2.05, 4.69) is 5.32 Å². The van der Waals surface area contributed by atoms with Crippen LogP contribution < -0.4 is 5.32 Å². The first-order valence-corrected chi connectivity index (χ1v) is 10.2. The van der Waals surface area contributed by atoms with E-state index in [-0.39, 0.29) is 42.3 Å². The van der Waals surface area contributed by atoms with Crippen LogP contribution in [0.15, 0.2) is 41.8 Å². The molecular formula is C21H23FN2O3S. The lowest BCUT2D eigenvalue weighted by atomic mass is 9.99. The maximum Gasteiger partial charge on any atom is 0.230 e. The number of amides is 2. The fourth-order valence-corrected chi connectivity index (χ4v) is 4.09. The van der Waals surface area contributed by atoms with E-state index in [4.69, 9.17) is 0 Å². The third-order valence-electron chi connectivity index (χ3n) is 4.98. The molecule has 2 heterocycles. The lowest BCUT2D eigenvalue weighted by molar-refractivity contribution is -0.131. The van der Waals surface area contributed by atoms with Crippen LogP contribution in [-0.2, 0) is 9.59 Å². The Bertz CT molecular complexity index is 853. The van der Waals surface area contributed by atoms with Crippen LogP contribution in [0.1, 0.15) is 47.3 Å². The Morgan fingerprint density at radius 3 is 2.71 bits per heavy atom. The van der Waals surface area contributed by atoms with Gasteiger partial charge in [-0.3, -0.25) is 14.4 Å². The fraction of sp³-hybridized carbons (Fsp3) is 0.381. The van der Waals surface area contributed by atoms with Gasteiger partial charge in [0.2, 0.25) is 11.8 Å². The molecule has 1 N–H and O–H groups in total. The standard InChI is InChI=1S/C21H23FN2O3S/c1-14(16-5-2-3-6-17(16)22)21(27)24-11-10-15(13-24)23-20(26)9-8-18(25)19-7-4-12-28-19/h2-7,12,14-15H,8-11,13H2,1H3,(H,23,26)/t14?,15-/m0/s1. The summed E-state index contributed by atoms with van der Waals surface area (Å²) in [5.74, 6) is -1.32. The number of Topliss-reactive ketones (excluding diaryl/α,β-unsaturated/α-hetero) is 1. The molecule has 1 fully saturated rings. The summed E-state index contributed by atoms with van der Waals surface area (Å²) in [6, 6.07) is 9.71. The molecule has 28 heavy (non-hydrogen) atoms. The number of nitrogens with one attached hydrogen (secondary N) is 1. The first kappa shape index (κ1) is 20.2. The molecule has 7 heteroatoms. The van der Waals surface area contributed by atoms with Crippen LogP contribution in [0.5, 0.6) is 0 Å². The van der Waals surface area contributed by atoms with Crippen LogP contribution in [0.2, 0.25) is 0 Å². The number of carbonyl (C=O) groups is 3. The molecule has 1 aromatic heterocycles. The third-order valence-corrected chi connectivity index (χ3v) is 5.89. The average molecular weight is 402 g/mol. The van der Waals surface area contributed by atoms with E-state index < -0.39 is 5.92 Å². The van der Waals surface area contributed by atoms with Crippen LogP contribution in [0, 0.1) is 5.82 Å². The Kier molecular flexibility index (Phi) is 6.57. The Morgan fingerprint density at radius 2 is 2.00 bits per heavy atom. The number of thiophene rings is 1. The Hall–Kier alpha value is -2.54. The number of ketones is 1. The number of benzene rings is 1. The summed E-state index contributed by atoms with van der Waals surface area (Å²) in [5.41, 5.74) is 0.382. The van der Waals surface area contributed by atoms with Crippen LogP contribution >= 0.6 is 11.3 Å². The average Bonchev–Trinajstić information content (AvgIpc) is 3.37. The zero-order chi connectivity index (χ0) is 20.1. The van der Waals surface area contributed by atoms with Gasteiger partial charge >= 0.3 is 0 Å². The molecule has 1 unspecified atom stereocenters. The third kappa shape index (κ3) is 4.84. The second-order valence-electron chi connectivity index (χ2n) is 6.98. The molecule has 5 nitrogen and oxygen atoms in total. The Morgan fingerprint density at radius 1 is 1.21 bits per heavy atom. The smallest absolute Gasteiger partial charge is 0.230 e. The van der Waals surface area contributed by atoms with Crippen LogP contribution in [0.25, 0.3) is 0 Å². The first-order valence-electron chi connectivity index (χ1n) is 9.35. The minimum atomic E-state index is -0.570. The van der Waals surface area contributed by atoms with Crippen LogP contribution in [0.4, 0.5) is 4.39 Å². The molecule has 0 aliphatic carbocycles. The van der Waals surface area contributed by atoms with Gasteiger partial charge in [0, 0.05) is 32.0 Å². The minimum absolute atomic E-state index is 0.0351. The SMILES string of the molecule is CC(C(=O)N1CC[C@H](NC(=O)CCC(=O)c2cccs2)C1)c1ccccc1F. The molecule has 2 amide bonds. The van der Waals surface area contributed by atoms with E-state index >= 15 is 0 Å². The lowest BCUT2D eigenvalue weighted by Crippen LogP contribution is -2.39. The molecule has 1 aliphatic rings. The van der Waals surface area contributed by atoms with Gasteiger partial charge in [0.25, 0.3) is 0 Å². The molecule has 2 aromatic rings. The largest absolute Gasteiger partial charge is 0.352 e. The maximum absolute atomic E-state index is 13.9. The number of likely N-dealkylation sites (tertiary alicyclic amines) is 1. The molecule has 0 spiro atoms. The van der Waals surface area contributed by atoms with E-state index in [1.165, 1.54) is 17.4 Å². The molecule has 1 aromatic carbocycles. The van der Waals surface area contributed by atoms with E-state index in [0.29, 0.717) is 30.0 Å². The Balaban J connectivity index is 1.47. The van der Waals surface area contributed by atoms with Gasteiger partial charge in [-0.15, -0.1) is 11.3 Å². The van der Waals surface area contributed by atoms with Crippen molar-refractivity contribution in [1.82, 2.24) is 10.2 Å². The molecule has 0 saturated carbocycles. The van der Waals surface area contributed by atoms with Crippen molar-refractivity contribution in [3.05, 3.63) is 58.0 Å². The highest BCUT2D eigenvalue weighted by Gasteiger charge is 2.31. The lowest BCUT2D eigenvalue weighted by Gasteiger charge is -2.21. The molecule has 1 saturated heterocycles. The number of carbonyl (C=O) groups excluding carboxylic acids is 3. The van der Waals surface area contributed by atoms with Crippen LogP contribution in [-0.4, -0.2) is 41.6 Å². The maximum atomic E-state index is 13.9. The minimum Gasteiger partial charge on any atom is -0.352 e. The number of halogens is 1. The topological polar surface area (TPSA) is 66.5 Å². The molecule has 3 rings (SSSR count). The van der Waals surface area contributed by atoms with Crippen molar-refractivity contribution in [2.24, 2.45) is 0 Å². The quantitative estimate of drug-likeness (QED) is 0.722. The highest BCUT2D eigenvalue weighted by Crippen LogP contribution is 2.23. The summed E-state index contributed by atoms with van der Waals surface area (Å²) < 4.78 is 13.9. The van der Waals surface area contributed by atoms with E-state index in [9.17, 15) is 18.8 Å². The van der Waals surface area contributed by atoms with Gasteiger partial charge in [-0.2, -0.15) is 0 Å². The number of nitrogens with zero attached hydrogens (tertiary/aromatic N) is 1. The zero-order valence-electron chi connectivity index (χ0n) is 15.7. The molecule has 1 aliphatic heterocycles. The van der Waals surface area contributed by atoms with Crippen molar-refractivity contribution < 1.29 is 18.8 Å². The molecule has 2 atom stereocenters. The summed E-state index contributed by atoms with van der Waals surface area (Å²) >= 11 is 1.37. The summed E-state index contributed by atoms with van der Waals surface area (Å²) in [5, 5.41) is 4.73. The number of hydrogen-bond acceptors (Lipinski definition) is 4. The summed E-state index contributed by atoms with van der Waals surface area (Å²) in [4.78, 5) is 39.1. The fourth-order valence-electron chi connectivity index (χ4n) is 3.40. The van der Waals surface area contributed by atoms with E-state index in [1.54, 1.807) is 36.1 Å². The molecule has 0 radical (unpaired) electrons. The summed E-state index contributed by atoms with van der Waals surface area (Å²) in [6.07, 6.45) is 0.958. The van der Waals surface area contributed by atoms with Gasteiger partial charge in [-0.05, 0) is 36.4 Å².